The van der Waals surface area contributed by atoms with E-state index < -0.39 is 6.23 Å². The van der Waals surface area contributed by atoms with Gasteiger partial charge in [0.15, 0.2) is 0 Å². The number of para-hydroxylation sites is 1. The number of unbranched alkanes of at least 4 members (excludes halogenated alkanes) is 1. The van der Waals surface area contributed by atoms with Gasteiger partial charge in [0.05, 0.1) is 0 Å². The summed E-state index contributed by atoms with van der Waals surface area (Å²) in [5, 5.41) is 9.47. The molecule has 14 heavy (non-hydrogen) atoms. The molecular weight excluding hydrogens is 176 g/mol. The van der Waals surface area contributed by atoms with Crippen LogP contribution in [-0.4, -0.2) is 11.3 Å². The standard InChI is InChI=1S/C11H18N2O/c1-2-3-9-11(14)13-12-10-7-5-4-6-8-10/h4-8,11-14H,2-3,9H2,1H3. The van der Waals surface area contributed by atoms with Crippen molar-refractivity contribution in [3.8, 4) is 0 Å². The molecule has 0 saturated heterocycles. The number of hydrogen-bond acceptors (Lipinski definition) is 3. The van der Waals surface area contributed by atoms with Crippen LogP contribution >= 0.6 is 0 Å². The van der Waals surface area contributed by atoms with E-state index in [2.05, 4.69) is 17.8 Å². The third-order valence-corrected chi connectivity index (χ3v) is 1.99. The van der Waals surface area contributed by atoms with Crippen molar-refractivity contribution in [1.82, 2.24) is 5.43 Å². The largest absolute Gasteiger partial charge is 0.377 e. The Hall–Kier alpha value is -1.06. The Kier molecular flexibility index (Phi) is 5.04. The van der Waals surface area contributed by atoms with Gasteiger partial charge in [-0.15, -0.1) is 0 Å². The summed E-state index contributed by atoms with van der Waals surface area (Å²) in [6, 6.07) is 9.74. The molecule has 1 unspecified atom stereocenters. The zero-order chi connectivity index (χ0) is 10.2. The summed E-state index contributed by atoms with van der Waals surface area (Å²) >= 11 is 0. The lowest BCUT2D eigenvalue weighted by Crippen LogP contribution is -2.33. The maximum absolute atomic E-state index is 9.47. The summed E-state index contributed by atoms with van der Waals surface area (Å²) in [7, 11) is 0. The van der Waals surface area contributed by atoms with Crippen LogP contribution in [0, 0.1) is 0 Å². The molecule has 0 saturated carbocycles. The summed E-state index contributed by atoms with van der Waals surface area (Å²) < 4.78 is 0. The Morgan fingerprint density at radius 2 is 2.00 bits per heavy atom. The molecule has 1 atom stereocenters. The van der Waals surface area contributed by atoms with E-state index in [1.165, 1.54) is 0 Å². The second kappa shape index (κ2) is 6.40. The van der Waals surface area contributed by atoms with Crippen LogP contribution in [0.2, 0.25) is 0 Å². The maximum Gasteiger partial charge on any atom is 0.121 e. The lowest BCUT2D eigenvalue weighted by atomic mass is 10.2. The number of aliphatic hydroxyl groups is 1. The lowest BCUT2D eigenvalue weighted by molar-refractivity contribution is 0.134. The Morgan fingerprint density at radius 1 is 1.29 bits per heavy atom. The third kappa shape index (κ3) is 4.25. The minimum atomic E-state index is -0.477. The molecule has 0 radical (unpaired) electrons. The Labute approximate surface area is 85.1 Å². The van der Waals surface area contributed by atoms with Crippen LogP contribution in [0.1, 0.15) is 26.2 Å². The summed E-state index contributed by atoms with van der Waals surface area (Å²) in [6.45, 7) is 2.11. The molecule has 0 aliphatic rings. The average Bonchev–Trinajstić information content (AvgIpc) is 2.25. The molecule has 0 heterocycles. The highest BCUT2D eigenvalue weighted by molar-refractivity contribution is 5.41. The first-order valence-corrected chi connectivity index (χ1v) is 5.07. The number of anilines is 1. The molecule has 0 bridgehead atoms. The normalized spacial score (nSPS) is 12.4. The SMILES string of the molecule is CCCCC(O)NNc1ccccc1. The van der Waals surface area contributed by atoms with Gasteiger partial charge in [-0.3, -0.25) is 0 Å². The number of hydrogen-bond donors (Lipinski definition) is 3. The van der Waals surface area contributed by atoms with E-state index in [9.17, 15) is 5.11 Å². The fraction of sp³-hybridized carbons (Fsp3) is 0.455. The smallest absolute Gasteiger partial charge is 0.121 e. The van der Waals surface area contributed by atoms with Crippen molar-refractivity contribution in [3.63, 3.8) is 0 Å². The molecule has 0 aliphatic heterocycles. The molecule has 3 heteroatoms. The van der Waals surface area contributed by atoms with Crippen molar-refractivity contribution >= 4 is 5.69 Å². The molecule has 0 amide bonds. The number of hydrazine groups is 1. The quantitative estimate of drug-likeness (QED) is 0.480. The minimum absolute atomic E-state index is 0.477. The van der Waals surface area contributed by atoms with Crippen LogP contribution < -0.4 is 10.9 Å². The monoisotopic (exact) mass is 194 g/mol. The van der Waals surface area contributed by atoms with Gasteiger partial charge in [-0.1, -0.05) is 31.5 Å². The summed E-state index contributed by atoms with van der Waals surface area (Å²) in [5.41, 5.74) is 6.75. The van der Waals surface area contributed by atoms with Crippen LogP contribution in [0.4, 0.5) is 5.69 Å². The average molecular weight is 194 g/mol. The van der Waals surface area contributed by atoms with Gasteiger partial charge in [-0.05, 0) is 25.0 Å². The first-order chi connectivity index (χ1) is 6.83. The van der Waals surface area contributed by atoms with E-state index in [0.717, 1.165) is 24.9 Å². The molecule has 3 N–H and O–H groups in total. The van der Waals surface area contributed by atoms with Gasteiger partial charge in [-0.25, -0.2) is 5.43 Å². The first-order valence-electron chi connectivity index (χ1n) is 5.07. The molecule has 0 aliphatic carbocycles. The van der Waals surface area contributed by atoms with E-state index in [0.29, 0.717) is 0 Å². The van der Waals surface area contributed by atoms with Crippen molar-refractivity contribution in [2.75, 3.05) is 5.43 Å². The lowest BCUT2D eigenvalue weighted by Gasteiger charge is -2.13. The minimum Gasteiger partial charge on any atom is -0.377 e. The van der Waals surface area contributed by atoms with Gasteiger partial charge >= 0.3 is 0 Å². The molecular formula is C11H18N2O. The van der Waals surface area contributed by atoms with Crippen molar-refractivity contribution in [3.05, 3.63) is 30.3 Å². The van der Waals surface area contributed by atoms with Crippen LogP contribution in [0.25, 0.3) is 0 Å². The fourth-order valence-electron chi connectivity index (χ4n) is 1.16. The highest BCUT2D eigenvalue weighted by Crippen LogP contribution is 2.04. The van der Waals surface area contributed by atoms with Crippen LogP contribution in [0.3, 0.4) is 0 Å². The number of aliphatic hydroxyl groups excluding tert-OH is 1. The maximum atomic E-state index is 9.47. The first kappa shape index (κ1) is 11.0. The van der Waals surface area contributed by atoms with E-state index in [-0.39, 0.29) is 0 Å². The van der Waals surface area contributed by atoms with Gasteiger partial charge in [0.2, 0.25) is 0 Å². The Balaban J connectivity index is 2.20. The topological polar surface area (TPSA) is 44.3 Å². The zero-order valence-corrected chi connectivity index (χ0v) is 8.53. The molecule has 1 rings (SSSR count). The van der Waals surface area contributed by atoms with Gasteiger partial charge in [-0.2, -0.15) is 0 Å². The van der Waals surface area contributed by atoms with Gasteiger partial charge in [0.1, 0.15) is 6.23 Å². The predicted molar refractivity (Wildman–Crippen MR) is 58.7 cm³/mol. The predicted octanol–water partition coefficient (Wildman–Crippen LogP) is 2.11. The van der Waals surface area contributed by atoms with Crippen molar-refractivity contribution in [2.24, 2.45) is 0 Å². The third-order valence-electron chi connectivity index (χ3n) is 1.99. The van der Waals surface area contributed by atoms with Gasteiger partial charge in [0.25, 0.3) is 0 Å². The number of nitrogens with one attached hydrogen (secondary N) is 2. The molecule has 78 valence electrons. The fourth-order valence-corrected chi connectivity index (χ4v) is 1.16. The van der Waals surface area contributed by atoms with Gasteiger partial charge in [0, 0.05) is 5.69 Å². The summed E-state index contributed by atoms with van der Waals surface area (Å²) in [6.07, 6.45) is 2.43. The Morgan fingerprint density at radius 3 is 2.64 bits per heavy atom. The molecule has 3 nitrogen and oxygen atoms in total. The summed E-state index contributed by atoms with van der Waals surface area (Å²) in [5.74, 6) is 0. The van der Waals surface area contributed by atoms with E-state index in [1.807, 2.05) is 30.3 Å². The molecule has 0 spiro atoms. The van der Waals surface area contributed by atoms with Crippen LogP contribution in [0.5, 0.6) is 0 Å². The molecule has 1 aromatic carbocycles. The molecule has 1 aromatic rings. The second-order valence-electron chi connectivity index (χ2n) is 3.29. The highest BCUT2D eigenvalue weighted by Gasteiger charge is 2.00. The van der Waals surface area contributed by atoms with E-state index >= 15 is 0 Å². The van der Waals surface area contributed by atoms with Crippen molar-refractivity contribution < 1.29 is 5.11 Å². The zero-order valence-electron chi connectivity index (χ0n) is 8.53. The van der Waals surface area contributed by atoms with Crippen LogP contribution in [-0.2, 0) is 0 Å². The van der Waals surface area contributed by atoms with Crippen molar-refractivity contribution in [2.45, 2.75) is 32.4 Å². The number of benzene rings is 1. The Bertz CT molecular complexity index is 238. The molecule has 0 fully saturated rings. The number of rotatable bonds is 6. The van der Waals surface area contributed by atoms with E-state index in [1.54, 1.807) is 0 Å². The van der Waals surface area contributed by atoms with Gasteiger partial charge < -0.3 is 10.5 Å². The highest BCUT2D eigenvalue weighted by atomic mass is 16.3. The van der Waals surface area contributed by atoms with E-state index in [4.69, 9.17) is 0 Å². The van der Waals surface area contributed by atoms with Crippen LogP contribution in [0.15, 0.2) is 30.3 Å². The molecule has 0 aromatic heterocycles. The second-order valence-corrected chi connectivity index (χ2v) is 3.29. The summed E-state index contributed by atoms with van der Waals surface area (Å²) in [4.78, 5) is 0. The van der Waals surface area contributed by atoms with Crippen molar-refractivity contribution in [1.29, 1.82) is 0 Å².